The Morgan fingerprint density at radius 1 is 0.974 bits per heavy atom. The van der Waals surface area contributed by atoms with Crippen LogP contribution in [0.3, 0.4) is 0 Å². The SMILES string of the molecule is COc1cc(C)c(NC(=S)NN=C(C)c2ccc(-c3ncn(-c4ccc(OC(F)(F)F)cc4)n3)cc2)c(C)c1. The minimum atomic E-state index is -4.74. The molecule has 12 heteroatoms. The molecule has 4 aromatic rings. The Morgan fingerprint density at radius 2 is 1.62 bits per heavy atom. The van der Waals surface area contributed by atoms with E-state index in [4.69, 9.17) is 17.0 Å². The minimum absolute atomic E-state index is 0.309. The van der Waals surface area contributed by atoms with Crippen molar-refractivity contribution in [1.82, 2.24) is 20.2 Å². The van der Waals surface area contributed by atoms with Crippen molar-refractivity contribution < 1.29 is 22.6 Å². The molecule has 39 heavy (non-hydrogen) atoms. The maximum Gasteiger partial charge on any atom is 0.573 e. The second-order valence-corrected chi connectivity index (χ2v) is 8.94. The lowest BCUT2D eigenvalue weighted by atomic mass is 10.1. The summed E-state index contributed by atoms with van der Waals surface area (Å²) in [5.41, 5.74) is 8.64. The molecule has 0 saturated heterocycles. The minimum Gasteiger partial charge on any atom is -0.497 e. The number of alkyl halides is 3. The zero-order chi connectivity index (χ0) is 28.2. The van der Waals surface area contributed by atoms with Gasteiger partial charge in [-0.25, -0.2) is 9.67 Å². The van der Waals surface area contributed by atoms with Gasteiger partial charge in [0.2, 0.25) is 0 Å². The third kappa shape index (κ3) is 7.11. The molecule has 0 spiro atoms. The summed E-state index contributed by atoms with van der Waals surface area (Å²) in [4.78, 5) is 4.31. The largest absolute Gasteiger partial charge is 0.573 e. The smallest absolute Gasteiger partial charge is 0.497 e. The predicted octanol–water partition coefficient (Wildman–Crippen LogP) is 6.17. The van der Waals surface area contributed by atoms with Crippen molar-refractivity contribution in [2.24, 2.45) is 5.10 Å². The van der Waals surface area contributed by atoms with Crippen LogP contribution in [-0.4, -0.2) is 39.1 Å². The fraction of sp³-hybridized carbons (Fsp3) is 0.185. The van der Waals surface area contributed by atoms with Crippen LogP contribution in [0.25, 0.3) is 17.1 Å². The molecule has 2 N–H and O–H groups in total. The van der Waals surface area contributed by atoms with Crippen molar-refractivity contribution in [3.8, 4) is 28.6 Å². The van der Waals surface area contributed by atoms with E-state index in [-0.39, 0.29) is 5.75 Å². The molecule has 202 valence electrons. The molecule has 0 aliphatic carbocycles. The number of anilines is 1. The molecule has 4 rings (SSSR count). The standard InChI is InChI=1S/C27H25F3N6O2S/c1-16-13-23(37-4)14-17(2)24(16)32-26(39)34-33-18(3)19-5-7-20(8-6-19)25-31-15-36(35-25)21-9-11-22(12-10-21)38-27(28,29)30/h5-15H,1-4H3,(H2,32,34,39). The normalized spacial score (nSPS) is 11.7. The van der Waals surface area contributed by atoms with Gasteiger partial charge in [0.05, 0.1) is 18.5 Å². The number of thiocarbonyl (C=S) groups is 1. The average Bonchev–Trinajstić information content (AvgIpc) is 3.39. The first-order valence-electron chi connectivity index (χ1n) is 11.7. The van der Waals surface area contributed by atoms with Crippen LogP contribution in [0.2, 0.25) is 0 Å². The number of nitrogens with one attached hydrogen (secondary N) is 2. The van der Waals surface area contributed by atoms with Gasteiger partial charge in [0.1, 0.15) is 17.8 Å². The molecule has 0 bridgehead atoms. The predicted molar refractivity (Wildman–Crippen MR) is 148 cm³/mol. The summed E-state index contributed by atoms with van der Waals surface area (Å²) in [6, 6.07) is 16.7. The molecule has 1 heterocycles. The Labute approximate surface area is 228 Å². The summed E-state index contributed by atoms with van der Waals surface area (Å²) in [6.45, 7) is 5.79. The molecular weight excluding hydrogens is 529 g/mol. The van der Waals surface area contributed by atoms with E-state index in [1.54, 1.807) is 7.11 Å². The van der Waals surface area contributed by atoms with Gasteiger partial charge < -0.3 is 14.8 Å². The number of nitrogens with zero attached hydrogens (tertiary/aromatic N) is 4. The van der Waals surface area contributed by atoms with E-state index in [2.05, 4.69) is 30.7 Å². The lowest BCUT2D eigenvalue weighted by Gasteiger charge is -2.15. The number of hydrogen-bond donors (Lipinski definition) is 2. The summed E-state index contributed by atoms with van der Waals surface area (Å²) >= 11 is 5.41. The number of aromatic nitrogens is 3. The summed E-state index contributed by atoms with van der Waals surface area (Å²) in [5.74, 6) is 0.930. The highest BCUT2D eigenvalue weighted by Gasteiger charge is 2.31. The van der Waals surface area contributed by atoms with Crippen LogP contribution >= 0.6 is 12.2 Å². The van der Waals surface area contributed by atoms with Gasteiger partial charge in [-0.15, -0.1) is 18.3 Å². The van der Waals surface area contributed by atoms with Crippen LogP contribution in [0.1, 0.15) is 23.6 Å². The monoisotopic (exact) mass is 554 g/mol. The second-order valence-electron chi connectivity index (χ2n) is 8.53. The first kappa shape index (κ1) is 27.6. The molecule has 1 aromatic heterocycles. The molecule has 0 aliphatic rings. The summed E-state index contributed by atoms with van der Waals surface area (Å²) in [5, 5.41) is 12.3. The molecule has 0 aliphatic heterocycles. The van der Waals surface area contributed by atoms with E-state index < -0.39 is 6.36 Å². The number of ether oxygens (including phenoxy) is 2. The van der Waals surface area contributed by atoms with Crippen molar-refractivity contribution >= 4 is 28.7 Å². The first-order chi connectivity index (χ1) is 18.5. The molecule has 3 aromatic carbocycles. The van der Waals surface area contributed by atoms with Crippen molar-refractivity contribution in [1.29, 1.82) is 0 Å². The summed E-state index contributed by atoms with van der Waals surface area (Å²) < 4.78 is 47.8. The van der Waals surface area contributed by atoms with Crippen molar-refractivity contribution in [3.63, 3.8) is 0 Å². The molecule has 0 amide bonds. The molecule has 8 nitrogen and oxygen atoms in total. The Kier molecular flexibility index (Phi) is 8.15. The highest BCUT2D eigenvalue weighted by atomic mass is 32.1. The van der Waals surface area contributed by atoms with Gasteiger partial charge in [0.15, 0.2) is 10.9 Å². The maximum atomic E-state index is 12.4. The molecule has 0 saturated carbocycles. The van der Waals surface area contributed by atoms with E-state index in [1.165, 1.54) is 35.3 Å². The van der Waals surface area contributed by atoms with Gasteiger partial charge in [0, 0.05) is 11.3 Å². The van der Waals surface area contributed by atoms with E-state index in [9.17, 15) is 13.2 Å². The number of aryl methyl sites for hydroxylation is 2. The molecular formula is C27H25F3N6O2S. The van der Waals surface area contributed by atoms with E-state index in [0.29, 0.717) is 22.3 Å². The van der Waals surface area contributed by atoms with Crippen molar-refractivity contribution in [3.05, 3.63) is 83.7 Å². The highest BCUT2D eigenvalue weighted by Crippen LogP contribution is 2.26. The van der Waals surface area contributed by atoms with Crippen LogP contribution in [0, 0.1) is 13.8 Å². The maximum absolute atomic E-state index is 12.4. The Hall–Kier alpha value is -4.45. The quantitative estimate of drug-likeness (QED) is 0.161. The van der Waals surface area contributed by atoms with Crippen LogP contribution in [0.5, 0.6) is 11.5 Å². The zero-order valence-electron chi connectivity index (χ0n) is 21.5. The topological polar surface area (TPSA) is 85.6 Å². The number of hydrazone groups is 1. The van der Waals surface area contributed by atoms with Crippen molar-refractivity contribution in [2.45, 2.75) is 27.1 Å². The Bertz CT molecular complexity index is 1480. The molecule has 0 atom stereocenters. The van der Waals surface area contributed by atoms with Gasteiger partial charge in [-0.05, 0) is 86.1 Å². The van der Waals surface area contributed by atoms with Crippen LogP contribution < -0.4 is 20.2 Å². The summed E-state index contributed by atoms with van der Waals surface area (Å²) in [6.07, 6.45) is -3.26. The number of rotatable bonds is 7. The fourth-order valence-electron chi connectivity index (χ4n) is 3.76. The van der Waals surface area contributed by atoms with Gasteiger partial charge in [-0.2, -0.15) is 5.10 Å². The van der Waals surface area contributed by atoms with E-state index >= 15 is 0 Å². The number of benzene rings is 3. The number of halogens is 3. The molecule has 0 radical (unpaired) electrons. The second kappa shape index (κ2) is 11.5. The zero-order valence-corrected chi connectivity index (χ0v) is 22.3. The number of methoxy groups -OCH3 is 1. The lowest BCUT2D eigenvalue weighted by molar-refractivity contribution is -0.274. The van der Waals surface area contributed by atoms with Gasteiger partial charge >= 0.3 is 6.36 Å². The summed E-state index contributed by atoms with van der Waals surface area (Å²) in [7, 11) is 1.63. The Morgan fingerprint density at radius 3 is 2.21 bits per heavy atom. The van der Waals surface area contributed by atoms with Gasteiger partial charge in [-0.1, -0.05) is 24.3 Å². The highest BCUT2D eigenvalue weighted by molar-refractivity contribution is 7.80. The Balaban J connectivity index is 1.39. The van der Waals surface area contributed by atoms with Crippen LogP contribution in [-0.2, 0) is 0 Å². The van der Waals surface area contributed by atoms with Gasteiger partial charge in [0.25, 0.3) is 0 Å². The number of hydrogen-bond acceptors (Lipinski definition) is 6. The fourth-order valence-corrected chi connectivity index (χ4v) is 3.91. The molecule has 0 unspecified atom stereocenters. The first-order valence-corrected chi connectivity index (χ1v) is 12.1. The van der Waals surface area contributed by atoms with Crippen molar-refractivity contribution in [2.75, 3.05) is 12.4 Å². The lowest BCUT2D eigenvalue weighted by Crippen LogP contribution is -2.25. The third-order valence-corrected chi connectivity index (χ3v) is 5.89. The molecule has 0 fully saturated rings. The van der Waals surface area contributed by atoms with E-state index in [0.717, 1.165) is 33.7 Å². The van der Waals surface area contributed by atoms with Crippen LogP contribution in [0.15, 0.2) is 72.1 Å². The van der Waals surface area contributed by atoms with Gasteiger partial charge in [-0.3, -0.25) is 5.43 Å². The van der Waals surface area contributed by atoms with Crippen LogP contribution in [0.4, 0.5) is 18.9 Å². The third-order valence-electron chi connectivity index (χ3n) is 5.69. The van der Waals surface area contributed by atoms with E-state index in [1.807, 2.05) is 57.2 Å². The average molecular weight is 555 g/mol.